The van der Waals surface area contributed by atoms with Crippen molar-refractivity contribution in [3.8, 4) is 0 Å². The fourth-order valence-corrected chi connectivity index (χ4v) is 2.78. The van der Waals surface area contributed by atoms with E-state index in [4.69, 9.17) is 0 Å². The summed E-state index contributed by atoms with van der Waals surface area (Å²) in [6.07, 6.45) is 0.577. The summed E-state index contributed by atoms with van der Waals surface area (Å²) in [6, 6.07) is 19.1. The number of hydrogen-bond acceptors (Lipinski definition) is 4. The van der Waals surface area contributed by atoms with Crippen molar-refractivity contribution in [1.29, 1.82) is 0 Å². The standard InChI is InChI=1S/C21H23FN4/c1-15-14-20(25-16(2)17-8-4-3-5-9-17)26-21(24-15)23-13-12-18-10-6-7-11-19(18)22/h3-11,14,16H,12-13H2,1-2H3,(H2,23,24,25,26). The van der Waals surface area contributed by atoms with E-state index in [0.29, 0.717) is 24.5 Å². The van der Waals surface area contributed by atoms with E-state index in [1.165, 1.54) is 11.6 Å². The Balaban J connectivity index is 1.63. The van der Waals surface area contributed by atoms with Crippen molar-refractivity contribution in [3.05, 3.63) is 83.3 Å². The molecule has 0 bridgehead atoms. The quantitative estimate of drug-likeness (QED) is 0.645. The Hall–Kier alpha value is -2.95. The van der Waals surface area contributed by atoms with Crippen molar-refractivity contribution >= 4 is 11.8 Å². The Bertz CT molecular complexity index is 852. The summed E-state index contributed by atoms with van der Waals surface area (Å²) < 4.78 is 13.7. The van der Waals surface area contributed by atoms with Crippen molar-refractivity contribution < 1.29 is 4.39 Å². The van der Waals surface area contributed by atoms with Crippen LogP contribution in [0.5, 0.6) is 0 Å². The van der Waals surface area contributed by atoms with Gasteiger partial charge < -0.3 is 10.6 Å². The largest absolute Gasteiger partial charge is 0.363 e. The summed E-state index contributed by atoms with van der Waals surface area (Å²) in [6.45, 7) is 4.60. The molecule has 1 heterocycles. The number of benzene rings is 2. The van der Waals surface area contributed by atoms with Gasteiger partial charge in [-0.15, -0.1) is 0 Å². The zero-order chi connectivity index (χ0) is 18.4. The fraction of sp³-hybridized carbons (Fsp3) is 0.238. The molecule has 0 fully saturated rings. The van der Waals surface area contributed by atoms with Gasteiger partial charge in [-0.05, 0) is 37.5 Å². The molecule has 0 saturated carbocycles. The first-order valence-electron chi connectivity index (χ1n) is 8.76. The van der Waals surface area contributed by atoms with Gasteiger partial charge in [0, 0.05) is 24.3 Å². The van der Waals surface area contributed by atoms with E-state index in [2.05, 4.69) is 39.7 Å². The Kier molecular flexibility index (Phi) is 5.79. The van der Waals surface area contributed by atoms with Crippen LogP contribution in [0.15, 0.2) is 60.7 Å². The van der Waals surface area contributed by atoms with Crippen molar-refractivity contribution in [2.24, 2.45) is 0 Å². The van der Waals surface area contributed by atoms with Gasteiger partial charge in [0.25, 0.3) is 0 Å². The lowest BCUT2D eigenvalue weighted by atomic mass is 10.1. The normalized spacial score (nSPS) is 11.8. The van der Waals surface area contributed by atoms with Crippen LogP contribution in [-0.2, 0) is 6.42 Å². The van der Waals surface area contributed by atoms with Gasteiger partial charge in [-0.25, -0.2) is 9.37 Å². The van der Waals surface area contributed by atoms with Gasteiger partial charge in [0.2, 0.25) is 5.95 Å². The van der Waals surface area contributed by atoms with Crippen LogP contribution in [0, 0.1) is 12.7 Å². The molecule has 1 aromatic heterocycles. The van der Waals surface area contributed by atoms with E-state index in [1.54, 1.807) is 12.1 Å². The topological polar surface area (TPSA) is 49.8 Å². The number of rotatable bonds is 7. The molecule has 26 heavy (non-hydrogen) atoms. The van der Waals surface area contributed by atoms with Gasteiger partial charge in [0.15, 0.2) is 0 Å². The van der Waals surface area contributed by atoms with Crippen LogP contribution < -0.4 is 10.6 Å². The fourth-order valence-electron chi connectivity index (χ4n) is 2.78. The zero-order valence-corrected chi connectivity index (χ0v) is 15.0. The Morgan fingerprint density at radius 3 is 2.50 bits per heavy atom. The number of anilines is 2. The molecule has 1 unspecified atom stereocenters. The Labute approximate surface area is 153 Å². The summed E-state index contributed by atoms with van der Waals surface area (Å²) in [4.78, 5) is 8.94. The predicted octanol–water partition coefficient (Wildman–Crippen LogP) is 4.75. The second-order valence-corrected chi connectivity index (χ2v) is 6.26. The first kappa shape index (κ1) is 17.9. The van der Waals surface area contributed by atoms with E-state index in [-0.39, 0.29) is 11.9 Å². The maximum absolute atomic E-state index is 13.7. The summed E-state index contributed by atoms with van der Waals surface area (Å²) in [5, 5.41) is 6.59. The number of hydrogen-bond donors (Lipinski definition) is 2. The highest BCUT2D eigenvalue weighted by atomic mass is 19.1. The molecule has 2 aromatic carbocycles. The first-order valence-corrected chi connectivity index (χ1v) is 8.76. The van der Waals surface area contributed by atoms with Gasteiger partial charge in [-0.2, -0.15) is 4.98 Å². The van der Waals surface area contributed by atoms with E-state index in [9.17, 15) is 4.39 Å². The molecule has 0 aliphatic carbocycles. The second kappa shape index (κ2) is 8.43. The van der Waals surface area contributed by atoms with Crippen molar-refractivity contribution in [2.75, 3.05) is 17.2 Å². The molecule has 0 aliphatic rings. The van der Waals surface area contributed by atoms with Crippen molar-refractivity contribution in [2.45, 2.75) is 26.3 Å². The highest BCUT2D eigenvalue weighted by Gasteiger charge is 2.08. The third-order valence-electron chi connectivity index (χ3n) is 4.15. The Morgan fingerprint density at radius 1 is 1.00 bits per heavy atom. The van der Waals surface area contributed by atoms with Crippen LogP contribution in [0.1, 0.15) is 29.8 Å². The third kappa shape index (κ3) is 4.79. The lowest BCUT2D eigenvalue weighted by molar-refractivity contribution is 0.610. The molecule has 1 atom stereocenters. The van der Waals surface area contributed by atoms with Crippen LogP contribution in [0.4, 0.5) is 16.2 Å². The number of nitrogens with zero attached hydrogens (tertiary/aromatic N) is 2. The summed E-state index contributed by atoms with van der Waals surface area (Å²) >= 11 is 0. The van der Waals surface area contributed by atoms with Crippen molar-refractivity contribution in [1.82, 2.24) is 9.97 Å². The second-order valence-electron chi connectivity index (χ2n) is 6.26. The SMILES string of the molecule is Cc1cc(NC(C)c2ccccc2)nc(NCCc2ccccc2F)n1. The molecule has 134 valence electrons. The maximum atomic E-state index is 13.7. The van der Waals surface area contributed by atoms with E-state index in [0.717, 1.165) is 11.5 Å². The number of aryl methyl sites for hydroxylation is 1. The third-order valence-corrected chi connectivity index (χ3v) is 4.15. The molecule has 5 heteroatoms. The molecule has 0 saturated heterocycles. The van der Waals surface area contributed by atoms with E-state index < -0.39 is 0 Å². The maximum Gasteiger partial charge on any atom is 0.224 e. The first-order chi connectivity index (χ1) is 12.6. The zero-order valence-electron chi connectivity index (χ0n) is 15.0. The number of nitrogens with one attached hydrogen (secondary N) is 2. The Morgan fingerprint density at radius 2 is 1.73 bits per heavy atom. The van der Waals surface area contributed by atoms with Crippen LogP contribution in [-0.4, -0.2) is 16.5 Å². The summed E-state index contributed by atoms with van der Waals surface area (Å²) in [5.41, 5.74) is 2.75. The molecule has 3 rings (SSSR count). The minimum atomic E-state index is -0.182. The van der Waals surface area contributed by atoms with Gasteiger partial charge in [0.05, 0.1) is 0 Å². The minimum Gasteiger partial charge on any atom is -0.363 e. The lowest BCUT2D eigenvalue weighted by Crippen LogP contribution is -2.12. The monoisotopic (exact) mass is 350 g/mol. The van der Waals surface area contributed by atoms with E-state index >= 15 is 0 Å². The average Bonchev–Trinajstić information content (AvgIpc) is 2.63. The van der Waals surface area contributed by atoms with Gasteiger partial charge in [-0.1, -0.05) is 48.5 Å². The predicted molar refractivity (Wildman–Crippen MR) is 104 cm³/mol. The summed E-state index contributed by atoms with van der Waals surface area (Å²) in [5.74, 6) is 1.13. The van der Waals surface area contributed by atoms with Gasteiger partial charge >= 0.3 is 0 Å². The molecule has 0 aliphatic heterocycles. The molecule has 2 N–H and O–H groups in total. The van der Waals surface area contributed by atoms with Crippen molar-refractivity contribution in [3.63, 3.8) is 0 Å². The van der Waals surface area contributed by atoms with Crippen LogP contribution >= 0.6 is 0 Å². The summed E-state index contributed by atoms with van der Waals surface area (Å²) in [7, 11) is 0. The van der Waals surface area contributed by atoms with Crippen LogP contribution in [0.2, 0.25) is 0 Å². The minimum absolute atomic E-state index is 0.136. The highest BCUT2D eigenvalue weighted by molar-refractivity contribution is 5.44. The van der Waals surface area contributed by atoms with Gasteiger partial charge in [0.1, 0.15) is 11.6 Å². The molecule has 0 radical (unpaired) electrons. The number of halogens is 1. The molecule has 0 amide bonds. The molecular formula is C21H23FN4. The van der Waals surface area contributed by atoms with Crippen LogP contribution in [0.25, 0.3) is 0 Å². The molecule has 4 nitrogen and oxygen atoms in total. The smallest absolute Gasteiger partial charge is 0.224 e. The lowest BCUT2D eigenvalue weighted by Gasteiger charge is -2.16. The average molecular weight is 350 g/mol. The molecular weight excluding hydrogens is 327 g/mol. The number of aromatic nitrogens is 2. The van der Waals surface area contributed by atoms with E-state index in [1.807, 2.05) is 37.3 Å². The molecule has 3 aromatic rings. The molecule has 0 spiro atoms. The van der Waals surface area contributed by atoms with Crippen LogP contribution in [0.3, 0.4) is 0 Å². The van der Waals surface area contributed by atoms with Gasteiger partial charge in [-0.3, -0.25) is 0 Å². The highest BCUT2D eigenvalue weighted by Crippen LogP contribution is 2.19.